The van der Waals surface area contributed by atoms with Gasteiger partial charge in [0.25, 0.3) is 0 Å². The average Bonchev–Trinajstić information content (AvgIpc) is 2.78. The monoisotopic (exact) mass is 438 g/mol. The zero-order valence-electron chi connectivity index (χ0n) is 18.9. The molecule has 0 atom stereocenters. The zero-order chi connectivity index (χ0) is 21.3. The molecular formula is C25H40F2O2Si. The van der Waals surface area contributed by atoms with Crippen LogP contribution in [-0.2, 0) is 0 Å². The fourth-order valence-corrected chi connectivity index (χ4v) is 9.09. The summed E-state index contributed by atoms with van der Waals surface area (Å²) in [4.78, 5) is 0. The Balaban J connectivity index is 1.38. The second kappa shape index (κ2) is 12.1. The first-order valence-corrected chi connectivity index (χ1v) is 14.8. The van der Waals surface area contributed by atoms with Crippen LogP contribution in [0.4, 0.5) is 8.78 Å². The summed E-state index contributed by atoms with van der Waals surface area (Å²) in [7, 11) is -0.422. The van der Waals surface area contributed by atoms with E-state index in [0.29, 0.717) is 19.1 Å². The number of hydrogen-bond donors (Lipinski definition) is 0. The van der Waals surface area contributed by atoms with Gasteiger partial charge in [0, 0.05) is 8.80 Å². The molecule has 3 rings (SSSR count). The standard InChI is InChI=1S/C25H40F2O2Si/c1-3-5-6-15-30-16-13-21(14-17-30)20-9-7-19(8-10-20)18-29-23-12-11-22(28-4-2)24(26)25(23)27/h11-12,19-21,30H,3-10,13-18H2,1-2H3/t19-,20-,21-,30-. The van der Waals surface area contributed by atoms with Crippen molar-refractivity contribution in [3.8, 4) is 11.5 Å². The topological polar surface area (TPSA) is 18.5 Å². The molecule has 0 unspecified atom stereocenters. The summed E-state index contributed by atoms with van der Waals surface area (Å²) in [6.07, 6.45) is 12.1. The minimum absolute atomic E-state index is 0.00410. The molecule has 2 nitrogen and oxygen atoms in total. The van der Waals surface area contributed by atoms with Gasteiger partial charge in [-0.2, -0.15) is 8.78 Å². The molecule has 1 aromatic rings. The highest BCUT2D eigenvalue weighted by Gasteiger charge is 2.31. The summed E-state index contributed by atoms with van der Waals surface area (Å²) < 4.78 is 39.0. The molecular weight excluding hydrogens is 398 g/mol. The van der Waals surface area contributed by atoms with Crippen molar-refractivity contribution in [3.63, 3.8) is 0 Å². The van der Waals surface area contributed by atoms with E-state index in [1.54, 1.807) is 25.1 Å². The van der Waals surface area contributed by atoms with Gasteiger partial charge in [-0.3, -0.25) is 0 Å². The predicted octanol–water partition coefficient (Wildman–Crippen LogP) is 7.38. The van der Waals surface area contributed by atoms with Gasteiger partial charge in [0.2, 0.25) is 11.6 Å². The van der Waals surface area contributed by atoms with Crippen molar-refractivity contribution < 1.29 is 18.3 Å². The first kappa shape index (κ1) is 23.6. The molecule has 1 aliphatic carbocycles. The Morgan fingerprint density at radius 3 is 2.03 bits per heavy atom. The second-order valence-corrected chi connectivity index (χ2v) is 13.0. The molecule has 0 aromatic heterocycles. The minimum atomic E-state index is -0.952. The molecule has 1 saturated carbocycles. The van der Waals surface area contributed by atoms with Crippen LogP contribution in [0, 0.1) is 29.4 Å². The van der Waals surface area contributed by atoms with Crippen LogP contribution in [0.1, 0.15) is 71.6 Å². The minimum Gasteiger partial charge on any atom is -0.491 e. The summed E-state index contributed by atoms with van der Waals surface area (Å²) in [6.45, 7) is 4.84. The van der Waals surface area contributed by atoms with Crippen molar-refractivity contribution in [2.75, 3.05) is 13.2 Å². The summed E-state index contributed by atoms with van der Waals surface area (Å²) in [5, 5.41) is 0. The van der Waals surface area contributed by atoms with Crippen LogP contribution in [0.2, 0.25) is 18.1 Å². The molecule has 1 heterocycles. The van der Waals surface area contributed by atoms with Crippen molar-refractivity contribution in [1.82, 2.24) is 0 Å². The maximum absolute atomic E-state index is 14.2. The number of unbranched alkanes of at least 4 members (excludes halogenated alkanes) is 2. The van der Waals surface area contributed by atoms with E-state index in [1.807, 2.05) is 0 Å². The van der Waals surface area contributed by atoms with E-state index in [4.69, 9.17) is 9.47 Å². The average molecular weight is 439 g/mol. The Morgan fingerprint density at radius 1 is 0.833 bits per heavy atom. The van der Waals surface area contributed by atoms with E-state index in [9.17, 15) is 8.78 Å². The number of rotatable bonds is 10. The van der Waals surface area contributed by atoms with Crippen molar-refractivity contribution in [3.05, 3.63) is 23.8 Å². The first-order chi connectivity index (χ1) is 14.6. The molecule has 0 spiro atoms. The number of hydrogen-bond acceptors (Lipinski definition) is 2. The Morgan fingerprint density at radius 2 is 1.43 bits per heavy atom. The molecule has 1 saturated heterocycles. The lowest BCUT2D eigenvalue weighted by atomic mass is 9.74. The maximum atomic E-state index is 14.2. The van der Waals surface area contributed by atoms with Crippen molar-refractivity contribution in [2.24, 2.45) is 17.8 Å². The summed E-state index contributed by atoms with van der Waals surface area (Å²) in [5.41, 5.74) is 0. The Labute approximate surface area is 183 Å². The van der Waals surface area contributed by atoms with Crippen molar-refractivity contribution >= 4 is 8.80 Å². The van der Waals surface area contributed by atoms with Gasteiger partial charge in [-0.05, 0) is 62.5 Å². The van der Waals surface area contributed by atoms with Crippen LogP contribution in [0.5, 0.6) is 11.5 Å². The van der Waals surface area contributed by atoms with Crippen LogP contribution in [0.3, 0.4) is 0 Å². The zero-order valence-corrected chi connectivity index (χ0v) is 20.1. The summed E-state index contributed by atoms with van der Waals surface area (Å²) in [5.74, 6) is 0.345. The highest BCUT2D eigenvalue weighted by atomic mass is 28.3. The quantitative estimate of drug-likeness (QED) is 0.280. The van der Waals surface area contributed by atoms with E-state index in [0.717, 1.165) is 24.7 Å². The molecule has 0 bridgehead atoms. The molecule has 170 valence electrons. The molecule has 5 heteroatoms. The van der Waals surface area contributed by atoms with E-state index < -0.39 is 20.4 Å². The van der Waals surface area contributed by atoms with E-state index in [-0.39, 0.29) is 11.5 Å². The van der Waals surface area contributed by atoms with Crippen LogP contribution >= 0.6 is 0 Å². The van der Waals surface area contributed by atoms with Crippen LogP contribution in [0.15, 0.2) is 12.1 Å². The fraction of sp³-hybridized carbons (Fsp3) is 0.760. The molecule has 2 fully saturated rings. The molecule has 2 aliphatic rings. The van der Waals surface area contributed by atoms with E-state index in [2.05, 4.69) is 6.92 Å². The maximum Gasteiger partial charge on any atom is 0.204 e. The van der Waals surface area contributed by atoms with Gasteiger partial charge in [-0.25, -0.2) is 0 Å². The van der Waals surface area contributed by atoms with Gasteiger partial charge in [0.15, 0.2) is 11.5 Å². The van der Waals surface area contributed by atoms with Crippen LogP contribution in [0.25, 0.3) is 0 Å². The van der Waals surface area contributed by atoms with Gasteiger partial charge in [0.05, 0.1) is 13.2 Å². The normalized spacial score (nSPS) is 27.1. The van der Waals surface area contributed by atoms with Crippen LogP contribution in [-0.4, -0.2) is 22.0 Å². The smallest absolute Gasteiger partial charge is 0.204 e. The summed E-state index contributed by atoms with van der Waals surface area (Å²) in [6, 6.07) is 7.65. The molecule has 30 heavy (non-hydrogen) atoms. The Bertz CT molecular complexity index is 638. The lowest BCUT2D eigenvalue weighted by Gasteiger charge is -2.37. The van der Waals surface area contributed by atoms with Gasteiger partial charge in [-0.1, -0.05) is 57.2 Å². The van der Waals surface area contributed by atoms with Gasteiger partial charge >= 0.3 is 0 Å². The van der Waals surface area contributed by atoms with Crippen molar-refractivity contribution in [2.45, 2.75) is 89.8 Å². The third-order valence-electron chi connectivity index (χ3n) is 7.45. The molecule has 0 N–H and O–H groups in total. The molecule has 1 aliphatic heterocycles. The van der Waals surface area contributed by atoms with Crippen LogP contribution < -0.4 is 9.47 Å². The summed E-state index contributed by atoms with van der Waals surface area (Å²) >= 11 is 0. The Kier molecular flexibility index (Phi) is 9.48. The third kappa shape index (κ3) is 6.45. The van der Waals surface area contributed by atoms with E-state index in [1.165, 1.54) is 57.1 Å². The van der Waals surface area contributed by atoms with Gasteiger partial charge in [-0.15, -0.1) is 0 Å². The number of ether oxygens (including phenoxy) is 2. The lowest BCUT2D eigenvalue weighted by molar-refractivity contribution is 0.145. The Hall–Kier alpha value is -1.10. The van der Waals surface area contributed by atoms with Crippen molar-refractivity contribution in [1.29, 1.82) is 0 Å². The molecule has 1 aromatic carbocycles. The fourth-order valence-electron chi connectivity index (χ4n) is 5.56. The third-order valence-corrected chi connectivity index (χ3v) is 11.0. The molecule has 0 amide bonds. The largest absolute Gasteiger partial charge is 0.491 e. The molecule has 0 radical (unpaired) electrons. The number of halogens is 2. The number of benzene rings is 1. The second-order valence-electron chi connectivity index (χ2n) is 9.49. The SMILES string of the molecule is CCCCC[Si@H]1CC[C@H]([C@H]2CC[C@H](COc3ccc(OCC)c(F)c3F)CC2)CC1. The predicted molar refractivity (Wildman–Crippen MR) is 122 cm³/mol. The van der Waals surface area contributed by atoms with E-state index >= 15 is 0 Å². The highest BCUT2D eigenvalue weighted by molar-refractivity contribution is 6.58. The van der Waals surface area contributed by atoms with Gasteiger partial charge < -0.3 is 9.47 Å². The van der Waals surface area contributed by atoms with Gasteiger partial charge in [0.1, 0.15) is 0 Å². The lowest BCUT2D eigenvalue weighted by Crippen LogP contribution is -2.29. The highest BCUT2D eigenvalue weighted by Crippen LogP contribution is 2.41. The first-order valence-electron chi connectivity index (χ1n) is 12.4.